The first-order chi connectivity index (χ1) is 6.86. The van der Waals surface area contributed by atoms with Crippen molar-refractivity contribution in [2.45, 2.75) is 25.4 Å². The van der Waals surface area contributed by atoms with Gasteiger partial charge in [0.2, 0.25) is 0 Å². The van der Waals surface area contributed by atoms with Crippen LogP contribution in [0.3, 0.4) is 0 Å². The van der Waals surface area contributed by atoms with Crippen LogP contribution in [0.4, 0.5) is 0 Å². The first-order valence-corrected chi connectivity index (χ1v) is 5.58. The lowest BCUT2D eigenvalue weighted by Gasteiger charge is -2.07. The van der Waals surface area contributed by atoms with E-state index in [0.29, 0.717) is 5.92 Å². The van der Waals surface area contributed by atoms with E-state index in [1.807, 2.05) is 0 Å². The third-order valence-corrected chi connectivity index (χ3v) is 3.95. The van der Waals surface area contributed by atoms with Crippen molar-refractivity contribution in [1.29, 1.82) is 0 Å². The Bertz CT molecular complexity index is 319. The molecule has 0 spiro atoms. The molecule has 0 aliphatic heterocycles. The van der Waals surface area contributed by atoms with E-state index < -0.39 is 0 Å². The molecule has 0 heterocycles. The maximum Gasteiger partial charge on any atom is 0.0574 e. The number of rotatable bonds is 2. The SMILES string of the molecule is OC1CCC2C(Cc3ccccc3)C12. The molecule has 4 unspecified atom stereocenters. The maximum absolute atomic E-state index is 9.69. The summed E-state index contributed by atoms with van der Waals surface area (Å²) in [5.74, 6) is 2.25. The first kappa shape index (κ1) is 8.49. The summed E-state index contributed by atoms with van der Waals surface area (Å²) in [5, 5.41) is 9.69. The zero-order chi connectivity index (χ0) is 9.54. The fourth-order valence-corrected chi connectivity index (χ4v) is 3.18. The van der Waals surface area contributed by atoms with Gasteiger partial charge in [-0.1, -0.05) is 30.3 Å². The molecule has 1 aromatic rings. The van der Waals surface area contributed by atoms with Crippen LogP contribution in [-0.4, -0.2) is 11.2 Å². The minimum absolute atomic E-state index is 0.00807. The average molecular weight is 188 g/mol. The van der Waals surface area contributed by atoms with E-state index in [-0.39, 0.29) is 6.10 Å². The number of fused-ring (bicyclic) bond motifs is 1. The van der Waals surface area contributed by atoms with Crippen LogP contribution in [0, 0.1) is 17.8 Å². The Morgan fingerprint density at radius 1 is 1.14 bits per heavy atom. The number of aliphatic hydroxyl groups is 1. The Labute approximate surface area is 84.8 Å². The summed E-state index contributed by atoms with van der Waals surface area (Å²) in [6, 6.07) is 10.7. The molecule has 4 atom stereocenters. The zero-order valence-electron chi connectivity index (χ0n) is 8.26. The van der Waals surface area contributed by atoms with Gasteiger partial charge in [-0.2, -0.15) is 0 Å². The van der Waals surface area contributed by atoms with Crippen molar-refractivity contribution in [3.8, 4) is 0 Å². The molecule has 0 amide bonds. The number of hydrogen-bond donors (Lipinski definition) is 1. The van der Waals surface area contributed by atoms with E-state index >= 15 is 0 Å². The van der Waals surface area contributed by atoms with Gasteiger partial charge in [0.05, 0.1) is 6.10 Å². The molecular weight excluding hydrogens is 172 g/mol. The minimum Gasteiger partial charge on any atom is -0.393 e. The number of hydrogen-bond acceptors (Lipinski definition) is 1. The number of aliphatic hydroxyl groups excluding tert-OH is 1. The summed E-state index contributed by atoms with van der Waals surface area (Å²) in [6.45, 7) is 0. The average Bonchev–Trinajstić information content (AvgIpc) is 2.75. The van der Waals surface area contributed by atoms with Crippen LogP contribution < -0.4 is 0 Å². The predicted octanol–water partition coefficient (Wildman–Crippen LogP) is 2.25. The Hall–Kier alpha value is -0.820. The van der Waals surface area contributed by atoms with Gasteiger partial charge in [0.25, 0.3) is 0 Å². The molecule has 0 radical (unpaired) electrons. The number of benzene rings is 1. The smallest absolute Gasteiger partial charge is 0.0574 e. The van der Waals surface area contributed by atoms with Gasteiger partial charge in [0.15, 0.2) is 0 Å². The van der Waals surface area contributed by atoms with Gasteiger partial charge in [-0.3, -0.25) is 0 Å². The highest BCUT2D eigenvalue weighted by Gasteiger charge is 2.56. The van der Waals surface area contributed by atoms with Crippen molar-refractivity contribution in [1.82, 2.24) is 0 Å². The lowest BCUT2D eigenvalue weighted by Crippen LogP contribution is -2.08. The van der Waals surface area contributed by atoms with Crippen LogP contribution in [0.5, 0.6) is 0 Å². The molecule has 2 aliphatic rings. The Kier molecular flexibility index (Phi) is 1.88. The van der Waals surface area contributed by atoms with Crippen LogP contribution in [0.25, 0.3) is 0 Å². The lowest BCUT2D eigenvalue weighted by atomic mass is 10.0. The van der Waals surface area contributed by atoms with E-state index in [0.717, 1.165) is 18.3 Å². The van der Waals surface area contributed by atoms with Crippen LogP contribution in [-0.2, 0) is 6.42 Å². The van der Waals surface area contributed by atoms with E-state index in [1.165, 1.54) is 18.4 Å². The molecule has 1 heteroatoms. The van der Waals surface area contributed by atoms with Gasteiger partial charge >= 0.3 is 0 Å². The van der Waals surface area contributed by atoms with Gasteiger partial charge in [-0.25, -0.2) is 0 Å². The Morgan fingerprint density at radius 3 is 2.57 bits per heavy atom. The highest BCUT2D eigenvalue weighted by atomic mass is 16.3. The van der Waals surface area contributed by atoms with Crippen molar-refractivity contribution >= 4 is 0 Å². The minimum atomic E-state index is 0.00807. The maximum atomic E-state index is 9.69. The molecule has 2 fully saturated rings. The summed E-state index contributed by atoms with van der Waals surface area (Å²) in [5.41, 5.74) is 1.43. The zero-order valence-corrected chi connectivity index (χ0v) is 8.26. The highest BCUT2D eigenvalue weighted by molar-refractivity contribution is 5.19. The topological polar surface area (TPSA) is 20.2 Å². The van der Waals surface area contributed by atoms with Gasteiger partial charge in [0, 0.05) is 0 Å². The van der Waals surface area contributed by atoms with Gasteiger partial charge in [-0.15, -0.1) is 0 Å². The van der Waals surface area contributed by atoms with E-state index in [9.17, 15) is 5.11 Å². The van der Waals surface area contributed by atoms with Gasteiger partial charge < -0.3 is 5.11 Å². The molecule has 1 N–H and O–H groups in total. The third kappa shape index (κ3) is 1.27. The van der Waals surface area contributed by atoms with E-state index in [2.05, 4.69) is 30.3 Å². The summed E-state index contributed by atoms with van der Waals surface area (Å²) < 4.78 is 0. The third-order valence-electron chi connectivity index (χ3n) is 3.95. The van der Waals surface area contributed by atoms with Gasteiger partial charge in [-0.05, 0) is 42.6 Å². The van der Waals surface area contributed by atoms with Crippen LogP contribution >= 0.6 is 0 Å². The summed E-state index contributed by atoms with van der Waals surface area (Å²) in [4.78, 5) is 0. The molecule has 2 aliphatic carbocycles. The summed E-state index contributed by atoms with van der Waals surface area (Å²) in [6.07, 6.45) is 3.48. The molecule has 2 saturated carbocycles. The molecule has 3 rings (SSSR count). The second-order valence-electron chi connectivity index (χ2n) is 4.74. The second kappa shape index (κ2) is 3.09. The quantitative estimate of drug-likeness (QED) is 0.754. The van der Waals surface area contributed by atoms with E-state index in [4.69, 9.17) is 0 Å². The fourth-order valence-electron chi connectivity index (χ4n) is 3.18. The first-order valence-electron chi connectivity index (χ1n) is 5.58. The Balaban J connectivity index is 1.66. The molecule has 0 bridgehead atoms. The molecule has 14 heavy (non-hydrogen) atoms. The van der Waals surface area contributed by atoms with Crippen molar-refractivity contribution < 1.29 is 5.11 Å². The van der Waals surface area contributed by atoms with Crippen molar-refractivity contribution in [2.75, 3.05) is 0 Å². The molecule has 1 nitrogen and oxygen atoms in total. The van der Waals surface area contributed by atoms with E-state index in [1.54, 1.807) is 0 Å². The second-order valence-corrected chi connectivity index (χ2v) is 4.74. The van der Waals surface area contributed by atoms with Crippen LogP contribution in [0.1, 0.15) is 18.4 Å². The largest absolute Gasteiger partial charge is 0.393 e. The molecule has 0 aromatic heterocycles. The van der Waals surface area contributed by atoms with Crippen molar-refractivity contribution in [2.24, 2.45) is 17.8 Å². The monoisotopic (exact) mass is 188 g/mol. The molecule has 0 saturated heterocycles. The molecule has 1 aromatic carbocycles. The van der Waals surface area contributed by atoms with Crippen LogP contribution in [0.15, 0.2) is 30.3 Å². The van der Waals surface area contributed by atoms with Crippen LogP contribution in [0.2, 0.25) is 0 Å². The lowest BCUT2D eigenvalue weighted by molar-refractivity contribution is 0.150. The fraction of sp³-hybridized carbons (Fsp3) is 0.538. The molecule has 74 valence electrons. The predicted molar refractivity (Wildman–Crippen MR) is 55.9 cm³/mol. The van der Waals surface area contributed by atoms with Crippen molar-refractivity contribution in [3.63, 3.8) is 0 Å². The Morgan fingerprint density at radius 2 is 1.93 bits per heavy atom. The summed E-state index contributed by atoms with van der Waals surface area (Å²) in [7, 11) is 0. The van der Waals surface area contributed by atoms with Crippen molar-refractivity contribution in [3.05, 3.63) is 35.9 Å². The summed E-state index contributed by atoms with van der Waals surface area (Å²) >= 11 is 0. The standard InChI is InChI=1S/C13H16O/c14-12-7-6-10-11(13(10)12)8-9-4-2-1-3-5-9/h1-5,10-14H,6-8H2. The van der Waals surface area contributed by atoms with Gasteiger partial charge in [0.1, 0.15) is 0 Å². The molecular formula is C13H16O. The highest BCUT2D eigenvalue weighted by Crippen LogP contribution is 2.58. The normalized spacial score (nSPS) is 39.5.